The highest BCUT2D eigenvalue weighted by molar-refractivity contribution is 6.12. The molecule has 3 rings (SSSR count). The van der Waals surface area contributed by atoms with Gasteiger partial charge < -0.3 is 31.9 Å². The second-order valence-corrected chi connectivity index (χ2v) is 9.86. The first-order valence-corrected chi connectivity index (χ1v) is 14.1. The molecule has 236 valence electrons. The summed E-state index contributed by atoms with van der Waals surface area (Å²) in [7, 11) is 0. The Kier molecular flexibility index (Phi) is 12.7. The molecule has 2 aromatic rings. The van der Waals surface area contributed by atoms with E-state index in [9.17, 15) is 33.6 Å². The van der Waals surface area contributed by atoms with E-state index in [1.165, 1.54) is 24.3 Å². The summed E-state index contributed by atoms with van der Waals surface area (Å²) in [5, 5.41) is 16.1. The van der Waals surface area contributed by atoms with Crippen LogP contribution in [0.25, 0.3) is 6.08 Å². The van der Waals surface area contributed by atoms with E-state index in [4.69, 9.17) is 0 Å². The first kappa shape index (κ1) is 33.9. The standard InChI is InChI=1S/C31H35N7O7/c1-3-21-17-24(10-11-25(21)35-19-39)37-31(45)22-6-8-23(9-7-22)36-27(41)18-34-30(44)20(2)32-14-15-33-26(40)5-4-16-38-28(42)12-13-29(38)43/h3,6-13,17,19-20,32H,1,4-5,14-16,18H2,2H3,(H,33,40)(H,34,44)(H,35,39)(H,36,41)(H,37,45)/t20-/m0/s1. The van der Waals surface area contributed by atoms with E-state index in [0.717, 1.165) is 4.90 Å². The zero-order valence-electron chi connectivity index (χ0n) is 24.7. The number of carbonyl (C=O) groups excluding carboxylic acids is 7. The predicted molar refractivity (Wildman–Crippen MR) is 168 cm³/mol. The first-order chi connectivity index (χ1) is 21.6. The van der Waals surface area contributed by atoms with Crippen LogP contribution in [0.5, 0.6) is 0 Å². The number of benzene rings is 2. The van der Waals surface area contributed by atoms with Crippen molar-refractivity contribution >= 4 is 65.0 Å². The van der Waals surface area contributed by atoms with Gasteiger partial charge in [0, 0.05) is 60.8 Å². The second-order valence-electron chi connectivity index (χ2n) is 9.86. The number of hydrogen-bond acceptors (Lipinski definition) is 8. The minimum Gasteiger partial charge on any atom is -0.355 e. The maximum atomic E-state index is 12.6. The SMILES string of the molecule is C=Cc1cc(NC(=O)c2ccc(NC(=O)CNC(=O)[C@H](C)NCCNC(=O)CCCN3C(=O)C=CC3=O)cc2)ccc1NC=O. The molecule has 14 nitrogen and oxygen atoms in total. The largest absolute Gasteiger partial charge is 0.355 e. The summed E-state index contributed by atoms with van der Waals surface area (Å²) < 4.78 is 0. The van der Waals surface area contributed by atoms with Gasteiger partial charge in [0.1, 0.15) is 0 Å². The van der Waals surface area contributed by atoms with Crippen molar-refractivity contribution < 1.29 is 33.6 Å². The highest BCUT2D eigenvalue weighted by atomic mass is 16.2. The minimum absolute atomic E-state index is 0.145. The van der Waals surface area contributed by atoms with Gasteiger partial charge in [0.25, 0.3) is 17.7 Å². The molecule has 0 spiro atoms. The molecule has 2 aromatic carbocycles. The quantitative estimate of drug-likeness (QED) is 0.0859. The molecule has 1 aliphatic heterocycles. The van der Waals surface area contributed by atoms with Crippen molar-refractivity contribution in [2.75, 3.05) is 42.1 Å². The van der Waals surface area contributed by atoms with Crippen LogP contribution in [0.15, 0.2) is 61.2 Å². The van der Waals surface area contributed by atoms with Gasteiger partial charge in [0.2, 0.25) is 24.1 Å². The van der Waals surface area contributed by atoms with Gasteiger partial charge in [-0.25, -0.2) is 0 Å². The molecule has 0 saturated carbocycles. The number of amides is 7. The van der Waals surface area contributed by atoms with Gasteiger partial charge in [-0.1, -0.05) is 12.7 Å². The van der Waals surface area contributed by atoms with E-state index in [1.807, 2.05) is 0 Å². The van der Waals surface area contributed by atoms with Gasteiger partial charge >= 0.3 is 0 Å². The van der Waals surface area contributed by atoms with Crippen LogP contribution < -0.4 is 31.9 Å². The van der Waals surface area contributed by atoms with Gasteiger partial charge in [-0.3, -0.25) is 38.5 Å². The maximum absolute atomic E-state index is 12.6. The van der Waals surface area contributed by atoms with Gasteiger partial charge in [0.15, 0.2) is 0 Å². The highest BCUT2D eigenvalue weighted by Crippen LogP contribution is 2.22. The third-order valence-electron chi connectivity index (χ3n) is 6.57. The fourth-order valence-corrected chi connectivity index (χ4v) is 4.16. The summed E-state index contributed by atoms with van der Waals surface area (Å²) in [6, 6.07) is 10.5. The minimum atomic E-state index is -0.632. The van der Waals surface area contributed by atoms with Gasteiger partial charge in [-0.05, 0) is 61.4 Å². The summed E-state index contributed by atoms with van der Waals surface area (Å²) >= 11 is 0. The van der Waals surface area contributed by atoms with Crippen LogP contribution >= 0.6 is 0 Å². The third-order valence-corrected chi connectivity index (χ3v) is 6.57. The number of nitrogens with zero attached hydrogens (tertiary/aromatic N) is 1. The average molecular weight is 618 g/mol. The normalized spacial score (nSPS) is 12.7. The van der Waals surface area contributed by atoms with E-state index in [0.29, 0.717) is 47.6 Å². The molecule has 1 heterocycles. The molecule has 45 heavy (non-hydrogen) atoms. The number of anilines is 3. The van der Waals surface area contributed by atoms with Crippen LogP contribution in [-0.2, 0) is 28.8 Å². The lowest BCUT2D eigenvalue weighted by Gasteiger charge is -2.15. The van der Waals surface area contributed by atoms with Crippen LogP contribution in [0.1, 0.15) is 35.7 Å². The lowest BCUT2D eigenvalue weighted by molar-refractivity contribution is -0.137. The second kappa shape index (κ2) is 16.9. The van der Waals surface area contributed by atoms with Crippen LogP contribution in [0.3, 0.4) is 0 Å². The van der Waals surface area contributed by atoms with Crippen molar-refractivity contribution in [1.29, 1.82) is 0 Å². The Hall–Kier alpha value is -5.63. The van der Waals surface area contributed by atoms with Gasteiger partial charge in [-0.2, -0.15) is 0 Å². The third kappa shape index (κ3) is 10.5. The molecule has 0 bridgehead atoms. The summed E-state index contributed by atoms with van der Waals surface area (Å²) in [6.45, 7) is 5.77. The van der Waals surface area contributed by atoms with Crippen molar-refractivity contribution in [3.05, 3.63) is 72.3 Å². The fourth-order valence-electron chi connectivity index (χ4n) is 4.16. The molecular weight excluding hydrogens is 582 g/mol. The van der Waals surface area contributed by atoms with Crippen LogP contribution in [-0.4, -0.2) is 79.0 Å². The Labute approximate surface area is 259 Å². The van der Waals surface area contributed by atoms with Crippen molar-refractivity contribution in [1.82, 2.24) is 20.9 Å². The maximum Gasteiger partial charge on any atom is 0.255 e. The number of carbonyl (C=O) groups is 7. The Bertz CT molecular complexity index is 1470. The smallest absolute Gasteiger partial charge is 0.255 e. The zero-order valence-corrected chi connectivity index (χ0v) is 24.7. The lowest BCUT2D eigenvalue weighted by atomic mass is 10.1. The zero-order chi connectivity index (χ0) is 32.8. The monoisotopic (exact) mass is 617 g/mol. The van der Waals surface area contributed by atoms with Crippen molar-refractivity contribution in [2.24, 2.45) is 0 Å². The van der Waals surface area contributed by atoms with E-state index in [2.05, 4.69) is 38.5 Å². The molecule has 0 radical (unpaired) electrons. The molecular formula is C31H35N7O7. The average Bonchev–Trinajstić information content (AvgIpc) is 3.35. The van der Waals surface area contributed by atoms with Crippen molar-refractivity contribution in [2.45, 2.75) is 25.8 Å². The van der Waals surface area contributed by atoms with Crippen molar-refractivity contribution in [3.63, 3.8) is 0 Å². The molecule has 0 unspecified atom stereocenters. The molecule has 14 heteroatoms. The van der Waals surface area contributed by atoms with E-state index in [-0.39, 0.29) is 49.7 Å². The van der Waals surface area contributed by atoms with E-state index in [1.54, 1.807) is 43.3 Å². The molecule has 0 fully saturated rings. The molecule has 7 amide bonds. The van der Waals surface area contributed by atoms with Gasteiger partial charge in [0.05, 0.1) is 12.6 Å². The molecule has 1 atom stereocenters. The Morgan fingerprint density at radius 1 is 0.889 bits per heavy atom. The molecule has 6 N–H and O–H groups in total. The highest BCUT2D eigenvalue weighted by Gasteiger charge is 2.22. The topological polar surface area (TPSA) is 195 Å². The predicted octanol–water partition coefficient (Wildman–Crippen LogP) is 1.00. The van der Waals surface area contributed by atoms with E-state index < -0.39 is 17.9 Å². The summed E-state index contributed by atoms with van der Waals surface area (Å²) in [5.74, 6) is -2.26. The molecule has 0 aromatic heterocycles. The Morgan fingerprint density at radius 3 is 2.24 bits per heavy atom. The molecule has 1 aliphatic rings. The summed E-state index contributed by atoms with van der Waals surface area (Å²) in [4.78, 5) is 84.1. The lowest BCUT2D eigenvalue weighted by Crippen LogP contribution is -2.46. The summed E-state index contributed by atoms with van der Waals surface area (Å²) in [5.41, 5.74) is 2.48. The Morgan fingerprint density at radius 2 is 1.58 bits per heavy atom. The molecule has 0 saturated heterocycles. The number of imide groups is 1. The number of hydrogen-bond donors (Lipinski definition) is 6. The van der Waals surface area contributed by atoms with Crippen LogP contribution in [0.4, 0.5) is 17.1 Å². The summed E-state index contributed by atoms with van der Waals surface area (Å²) in [6.07, 6.45) is 4.98. The first-order valence-electron chi connectivity index (χ1n) is 14.1. The molecule has 0 aliphatic carbocycles. The number of nitrogens with one attached hydrogen (secondary N) is 6. The van der Waals surface area contributed by atoms with E-state index >= 15 is 0 Å². The Balaban J connectivity index is 1.31. The number of rotatable bonds is 17. The van der Waals surface area contributed by atoms with Crippen LogP contribution in [0.2, 0.25) is 0 Å². The van der Waals surface area contributed by atoms with Crippen LogP contribution in [0, 0.1) is 0 Å². The van der Waals surface area contributed by atoms with Crippen molar-refractivity contribution in [3.8, 4) is 0 Å². The fraction of sp³-hybridized carbons (Fsp3) is 0.258. The van der Waals surface area contributed by atoms with Gasteiger partial charge in [-0.15, -0.1) is 0 Å².